The van der Waals surface area contributed by atoms with E-state index in [0.717, 1.165) is 64.6 Å². The summed E-state index contributed by atoms with van der Waals surface area (Å²) in [5.74, 6) is -0.689. The Kier molecular flexibility index (Phi) is 17.8. The molecule has 0 bridgehead atoms. The lowest BCUT2D eigenvalue weighted by atomic mass is 10.1. The second-order valence-corrected chi connectivity index (χ2v) is 6.52. The number of ether oxygens (including phenoxy) is 1. The van der Waals surface area contributed by atoms with Crippen LogP contribution in [0.5, 0.6) is 0 Å². The summed E-state index contributed by atoms with van der Waals surface area (Å²) in [5, 5.41) is 18.3. The molecule has 1 fully saturated rings. The van der Waals surface area contributed by atoms with E-state index in [1.165, 1.54) is 25.7 Å². The number of aliphatic hydroxyl groups is 1. The van der Waals surface area contributed by atoms with Crippen LogP contribution in [0.3, 0.4) is 0 Å². The third-order valence-corrected chi connectivity index (χ3v) is 3.93. The number of allylic oxidation sites excluding steroid dienone is 1. The number of aliphatic carboxylic acids is 1. The molecule has 0 spiro atoms. The maximum absolute atomic E-state index is 10.3. The molecule has 1 aliphatic heterocycles. The Balaban J connectivity index is 0.00000157. The van der Waals surface area contributed by atoms with Crippen molar-refractivity contribution in [1.82, 2.24) is 0 Å². The number of rotatable bonds is 15. The van der Waals surface area contributed by atoms with Crippen LogP contribution in [0, 0.1) is 0 Å². The molecule has 0 aromatic heterocycles. The van der Waals surface area contributed by atoms with Gasteiger partial charge in [-0.25, -0.2) is 0 Å². The molecule has 4 heteroatoms. The third kappa shape index (κ3) is 23.4. The standard InChI is InChI=1S/C18H34O3.C2H4O/c1-2-3-4-11-14-17(19)15-12-9-7-5-6-8-10-13-16-18(20)21;1-2-3-1/h9,12,17,19H,2-8,10-11,13-16H2,1H3,(H,20,21);1-2H2/b12-9-;/t17-;/m1./s1. The molecule has 1 saturated heterocycles. The minimum Gasteiger partial charge on any atom is -0.481 e. The first kappa shape index (κ1) is 23.1. The van der Waals surface area contributed by atoms with Crippen LogP contribution in [0.4, 0.5) is 0 Å². The van der Waals surface area contributed by atoms with Crippen molar-refractivity contribution in [1.29, 1.82) is 0 Å². The van der Waals surface area contributed by atoms with E-state index >= 15 is 0 Å². The zero-order valence-corrected chi connectivity index (χ0v) is 15.5. The highest BCUT2D eigenvalue weighted by atomic mass is 16.6. The van der Waals surface area contributed by atoms with Crippen LogP contribution in [-0.4, -0.2) is 35.5 Å². The summed E-state index contributed by atoms with van der Waals surface area (Å²) in [6.45, 7) is 4.20. The van der Waals surface area contributed by atoms with Crippen LogP contribution in [-0.2, 0) is 9.53 Å². The first-order valence-electron chi connectivity index (χ1n) is 9.79. The van der Waals surface area contributed by atoms with E-state index in [0.29, 0.717) is 6.42 Å². The molecule has 1 atom stereocenters. The maximum Gasteiger partial charge on any atom is 0.303 e. The van der Waals surface area contributed by atoms with Crippen LogP contribution in [0.15, 0.2) is 12.2 Å². The van der Waals surface area contributed by atoms with Gasteiger partial charge in [-0.3, -0.25) is 4.79 Å². The van der Waals surface area contributed by atoms with E-state index in [-0.39, 0.29) is 6.10 Å². The number of hydrogen-bond donors (Lipinski definition) is 2. The van der Waals surface area contributed by atoms with E-state index in [1.54, 1.807) is 0 Å². The predicted molar refractivity (Wildman–Crippen MR) is 99.3 cm³/mol. The van der Waals surface area contributed by atoms with Gasteiger partial charge in [0.05, 0.1) is 19.3 Å². The largest absolute Gasteiger partial charge is 0.481 e. The molecular weight excluding hydrogens is 304 g/mol. The molecule has 1 heterocycles. The lowest BCUT2D eigenvalue weighted by Gasteiger charge is -2.07. The van der Waals surface area contributed by atoms with Crippen molar-refractivity contribution in [3.8, 4) is 0 Å². The normalized spacial score (nSPS) is 14.2. The molecule has 4 nitrogen and oxygen atoms in total. The van der Waals surface area contributed by atoms with E-state index in [4.69, 9.17) is 5.11 Å². The molecule has 2 N–H and O–H groups in total. The number of unbranched alkanes of at least 4 members (excludes halogenated alkanes) is 8. The van der Waals surface area contributed by atoms with Gasteiger partial charge in [-0.05, 0) is 32.1 Å². The molecule has 0 radical (unpaired) electrons. The van der Waals surface area contributed by atoms with Gasteiger partial charge in [0.15, 0.2) is 0 Å². The Labute approximate surface area is 148 Å². The van der Waals surface area contributed by atoms with Crippen molar-refractivity contribution in [3.05, 3.63) is 12.2 Å². The summed E-state index contributed by atoms with van der Waals surface area (Å²) in [4.78, 5) is 10.3. The molecule has 24 heavy (non-hydrogen) atoms. The van der Waals surface area contributed by atoms with Crippen molar-refractivity contribution in [2.24, 2.45) is 0 Å². The zero-order valence-electron chi connectivity index (χ0n) is 15.5. The third-order valence-electron chi connectivity index (χ3n) is 3.93. The second-order valence-electron chi connectivity index (χ2n) is 6.52. The minimum atomic E-state index is -0.689. The van der Waals surface area contributed by atoms with Crippen LogP contribution in [0.25, 0.3) is 0 Å². The van der Waals surface area contributed by atoms with Crippen molar-refractivity contribution >= 4 is 5.97 Å². The quantitative estimate of drug-likeness (QED) is 0.247. The molecule has 0 aliphatic carbocycles. The SMILES string of the molecule is C1CO1.CCCCCC[C@@H](O)C/C=C\CCCCCCCC(=O)O. The van der Waals surface area contributed by atoms with Gasteiger partial charge in [0.1, 0.15) is 0 Å². The molecule has 142 valence electrons. The average molecular weight is 343 g/mol. The van der Waals surface area contributed by atoms with Crippen LogP contribution in [0.1, 0.15) is 90.4 Å². The van der Waals surface area contributed by atoms with Gasteiger partial charge in [-0.2, -0.15) is 0 Å². The fourth-order valence-corrected chi connectivity index (χ4v) is 2.36. The Bertz CT molecular complexity index is 297. The van der Waals surface area contributed by atoms with Gasteiger partial charge in [-0.1, -0.05) is 64.0 Å². The summed E-state index contributed by atoms with van der Waals surface area (Å²) >= 11 is 0. The molecule has 0 amide bonds. The first-order chi connectivity index (χ1) is 11.7. The maximum atomic E-state index is 10.3. The Morgan fingerprint density at radius 1 is 1.00 bits per heavy atom. The topological polar surface area (TPSA) is 70.1 Å². The lowest BCUT2D eigenvalue weighted by molar-refractivity contribution is -0.137. The molecule has 0 saturated carbocycles. The predicted octanol–water partition coefficient (Wildman–Crippen LogP) is 5.10. The Hall–Kier alpha value is -0.870. The van der Waals surface area contributed by atoms with Crippen molar-refractivity contribution in [2.75, 3.05) is 13.2 Å². The van der Waals surface area contributed by atoms with E-state index in [9.17, 15) is 9.90 Å². The highest BCUT2D eigenvalue weighted by Crippen LogP contribution is 2.10. The minimum absolute atomic E-state index is 0.172. The molecular formula is C20H38O4. The van der Waals surface area contributed by atoms with E-state index in [1.807, 2.05) is 0 Å². The van der Waals surface area contributed by atoms with Gasteiger partial charge in [-0.15, -0.1) is 0 Å². The second kappa shape index (κ2) is 18.5. The zero-order chi connectivity index (χ0) is 17.9. The Morgan fingerprint density at radius 2 is 1.62 bits per heavy atom. The van der Waals surface area contributed by atoms with Crippen LogP contribution in [0.2, 0.25) is 0 Å². The highest BCUT2D eigenvalue weighted by molar-refractivity contribution is 5.66. The van der Waals surface area contributed by atoms with Gasteiger partial charge in [0.2, 0.25) is 0 Å². The van der Waals surface area contributed by atoms with E-state index < -0.39 is 5.97 Å². The number of hydrogen-bond acceptors (Lipinski definition) is 3. The smallest absolute Gasteiger partial charge is 0.303 e. The summed E-state index contributed by atoms with van der Waals surface area (Å²) in [6.07, 6.45) is 17.4. The first-order valence-corrected chi connectivity index (χ1v) is 9.79. The fraction of sp³-hybridized carbons (Fsp3) is 0.850. The molecule has 0 aromatic rings. The number of carbonyl (C=O) groups is 1. The van der Waals surface area contributed by atoms with Crippen molar-refractivity contribution < 1.29 is 19.7 Å². The summed E-state index contributed by atoms with van der Waals surface area (Å²) < 4.78 is 4.50. The number of carboxylic acid groups (broad SMARTS) is 1. The van der Waals surface area contributed by atoms with Gasteiger partial charge < -0.3 is 14.9 Å². The van der Waals surface area contributed by atoms with Crippen molar-refractivity contribution in [3.63, 3.8) is 0 Å². The molecule has 1 rings (SSSR count). The molecule has 1 aliphatic rings. The van der Waals surface area contributed by atoms with Gasteiger partial charge >= 0.3 is 5.97 Å². The van der Waals surface area contributed by atoms with E-state index in [2.05, 4.69) is 23.8 Å². The highest BCUT2D eigenvalue weighted by Gasteiger charge is 2.00. The van der Waals surface area contributed by atoms with Gasteiger partial charge in [0, 0.05) is 6.42 Å². The molecule has 0 unspecified atom stereocenters. The fourth-order valence-electron chi connectivity index (χ4n) is 2.36. The number of carboxylic acids is 1. The summed E-state index contributed by atoms with van der Waals surface area (Å²) in [5.41, 5.74) is 0. The van der Waals surface area contributed by atoms with Crippen LogP contribution >= 0.6 is 0 Å². The number of epoxide rings is 1. The monoisotopic (exact) mass is 342 g/mol. The summed E-state index contributed by atoms with van der Waals surface area (Å²) in [6, 6.07) is 0. The lowest BCUT2D eigenvalue weighted by Crippen LogP contribution is -2.04. The average Bonchev–Trinajstić information content (AvgIpc) is 3.42. The Morgan fingerprint density at radius 3 is 2.25 bits per heavy atom. The van der Waals surface area contributed by atoms with Crippen LogP contribution < -0.4 is 0 Å². The molecule has 0 aromatic carbocycles. The van der Waals surface area contributed by atoms with Gasteiger partial charge in [0.25, 0.3) is 0 Å². The van der Waals surface area contributed by atoms with Crippen molar-refractivity contribution in [2.45, 2.75) is 96.5 Å². The summed E-state index contributed by atoms with van der Waals surface area (Å²) in [7, 11) is 0. The number of aliphatic hydroxyl groups excluding tert-OH is 1.